The predicted molar refractivity (Wildman–Crippen MR) is 82.9 cm³/mol. The van der Waals surface area contributed by atoms with E-state index in [1.165, 1.54) is 6.07 Å². The Labute approximate surface area is 132 Å². The fraction of sp³-hybridized carbons (Fsp3) is 0.188. The van der Waals surface area contributed by atoms with Crippen molar-refractivity contribution >= 4 is 23.2 Å². The van der Waals surface area contributed by atoms with E-state index in [0.29, 0.717) is 23.6 Å². The van der Waals surface area contributed by atoms with Crippen molar-refractivity contribution in [3.05, 3.63) is 58.4 Å². The van der Waals surface area contributed by atoms with Gasteiger partial charge in [0.25, 0.3) is 5.91 Å². The second-order valence-corrected chi connectivity index (χ2v) is 4.90. The van der Waals surface area contributed by atoms with Crippen LogP contribution >= 0.6 is 11.6 Å². The number of halogens is 2. The number of aliphatic hydroxyl groups excluding tert-OH is 1. The quantitative estimate of drug-likeness (QED) is 0.883. The molecule has 0 heterocycles. The van der Waals surface area contributed by atoms with Gasteiger partial charge in [-0.1, -0.05) is 11.6 Å². The Kier molecular flexibility index (Phi) is 5.35. The lowest BCUT2D eigenvalue weighted by Crippen LogP contribution is -2.13. The van der Waals surface area contributed by atoms with Crippen LogP contribution in [0.5, 0.6) is 5.75 Å². The first-order valence-electron chi connectivity index (χ1n) is 6.68. The first kappa shape index (κ1) is 16.3. The molecule has 4 nitrogen and oxygen atoms in total. The summed E-state index contributed by atoms with van der Waals surface area (Å²) in [5.74, 6) is -0.411. The highest BCUT2D eigenvalue weighted by Gasteiger charge is 2.12. The van der Waals surface area contributed by atoms with Crippen LogP contribution in [0, 0.1) is 5.82 Å². The third kappa shape index (κ3) is 3.75. The Morgan fingerprint density at radius 3 is 2.73 bits per heavy atom. The molecule has 0 saturated carbocycles. The number of hydrogen-bond acceptors (Lipinski definition) is 3. The highest BCUT2D eigenvalue weighted by Crippen LogP contribution is 2.24. The topological polar surface area (TPSA) is 58.6 Å². The fourth-order valence-corrected chi connectivity index (χ4v) is 2.20. The number of ether oxygens (including phenoxy) is 1. The number of benzene rings is 2. The largest absolute Gasteiger partial charge is 0.494 e. The highest BCUT2D eigenvalue weighted by atomic mass is 35.5. The van der Waals surface area contributed by atoms with Crippen molar-refractivity contribution in [2.45, 2.75) is 13.5 Å². The summed E-state index contributed by atoms with van der Waals surface area (Å²) in [7, 11) is 0. The van der Waals surface area contributed by atoms with Crippen LogP contribution in [0.3, 0.4) is 0 Å². The Morgan fingerprint density at radius 2 is 2.09 bits per heavy atom. The summed E-state index contributed by atoms with van der Waals surface area (Å²) in [5, 5.41) is 12.0. The molecular weight excluding hydrogens is 309 g/mol. The van der Waals surface area contributed by atoms with Crippen molar-refractivity contribution in [2.75, 3.05) is 11.9 Å². The van der Waals surface area contributed by atoms with Gasteiger partial charge in [-0.25, -0.2) is 4.39 Å². The van der Waals surface area contributed by atoms with Crippen molar-refractivity contribution in [1.82, 2.24) is 0 Å². The maximum absolute atomic E-state index is 13.0. The van der Waals surface area contributed by atoms with Crippen LogP contribution in [0.1, 0.15) is 22.8 Å². The molecule has 0 aliphatic rings. The third-order valence-corrected chi connectivity index (χ3v) is 3.28. The summed E-state index contributed by atoms with van der Waals surface area (Å²) in [5.41, 5.74) is 1.21. The van der Waals surface area contributed by atoms with E-state index in [0.717, 1.165) is 12.1 Å². The van der Waals surface area contributed by atoms with E-state index < -0.39 is 11.7 Å². The highest BCUT2D eigenvalue weighted by molar-refractivity contribution is 6.34. The molecule has 2 aromatic rings. The Hall–Kier alpha value is -2.11. The fourth-order valence-electron chi connectivity index (χ4n) is 1.95. The van der Waals surface area contributed by atoms with Gasteiger partial charge in [0, 0.05) is 11.3 Å². The van der Waals surface area contributed by atoms with Gasteiger partial charge in [0.1, 0.15) is 11.6 Å². The van der Waals surface area contributed by atoms with E-state index in [4.69, 9.17) is 16.3 Å². The van der Waals surface area contributed by atoms with Crippen molar-refractivity contribution in [3.63, 3.8) is 0 Å². The lowest BCUT2D eigenvalue weighted by Gasteiger charge is -2.12. The molecule has 0 aliphatic heterocycles. The average molecular weight is 324 g/mol. The van der Waals surface area contributed by atoms with E-state index >= 15 is 0 Å². The molecule has 1 amide bonds. The molecule has 0 fully saturated rings. The number of nitrogens with one attached hydrogen (secondary N) is 1. The molecule has 0 radical (unpaired) electrons. The summed E-state index contributed by atoms with van der Waals surface area (Å²) in [6, 6.07) is 8.48. The molecule has 0 spiro atoms. The van der Waals surface area contributed by atoms with Crippen molar-refractivity contribution in [1.29, 1.82) is 0 Å². The number of carbonyl (C=O) groups excluding carboxylic acids is 1. The van der Waals surface area contributed by atoms with Crippen LogP contribution < -0.4 is 10.1 Å². The molecule has 0 saturated heterocycles. The van der Waals surface area contributed by atoms with Gasteiger partial charge in [-0.15, -0.1) is 0 Å². The van der Waals surface area contributed by atoms with E-state index in [1.807, 2.05) is 6.92 Å². The van der Waals surface area contributed by atoms with E-state index in [-0.39, 0.29) is 17.2 Å². The van der Waals surface area contributed by atoms with Crippen LogP contribution in [0.15, 0.2) is 36.4 Å². The molecule has 0 aromatic heterocycles. The van der Waals surface area contributed by atoms with Gasteiger partial charge >= 0.3 is 0 Å². The van der Waals surface area contributed by atoms with Crippen molar-refractivity contribution in [2.24, 2.45) is 0 Å². The maximum atomic E-state index is 13.0. The summed E-state index contributed by atoms with van der Waals surface area (Å²) in [4.78, 5) is 12.1. The van der Waals surface area contributed by atoms with Crippen LogP contribution in [0.25, 0.3) is 0 Å². The molecule has 116 valence electrons. The van der Waals surface area contributed by atoms with Gasteiger partial charge in [0.05, 0.1) is 23.8 Å². The Balaban J connectivity index is 2.21. The van der Waals surface area contributed by atoms with Gasteiger partial charge < -0.3 is 15.2 Å². The van der Waals surface area contributed by atoms with E-state index in [2.05, 4.69) is 5.32 Å². The molecule has 0 bridgehead atoms. The molecule has 0 aliphatic carbocycles. The summed E-state index contributed by atoms with van der Waals surface area (Å²) < 4.78 is 18.4. The lowest BCUT2D eigenvalue weighted by atomic mass is 10.1. The lowest BCUT2D eigenvalue weighted by molar-refractivity contribution is 0.102. The first-order chi connectivity index (χ1) is 10.5. The molecule has 2 N–H and O–H groups in total. The number of aliphatic hydroxyl groups is 1. The summed E-state index contributed by atoms with van der Waals surface area (Å²) in [6.07, 6.45) is 0. The summed E-state index contributed by atoms with van der Waals surface area (Å²) >= 11 is 5.85. The second-order valence-electron chi connectivity index (χ2n) is 4.49. The number of carbonyl (C=O) groups is 1. The Morgan fingerprint density at radius 1 is 1.32 bits per heavy atom. The van der Waals surface area contributed by atoms with Crippen LogP contribution in [-0.2, 0) is 6.61 Å². The minimum absolute atomic E-state index is 0.0332. The van der Waals surface area contributed by atoms with Crippen LogP contribution in [-0.4, -0.2) is 17.6 Å². The van der Waals surface area contributed by atoms with Crippen molar-refractivity contribution in [3.8, 4) is 5.75 Å². The number of amides is 1. The molecule has 22 heavy (non-hydrogen) atoms. The van der Waals surface area contributed by atoms with Gasteiger partial charge in [0.15, 0.2) is 0 Å². The van der Waals surface area contributed by atoms with E-state index in [1.54, 1.807) is 18.2 Å². The number of rotatable bonds is 5. The van der Waals surface area contributed by atoms with Gasteiger partial charge in [0.2, 0.25) is 0 Å². The zero-order valence-electron chi connectivity index (χ0n) is 11.9. The zero-order valence-corrected chi connectivity index (χ0v) is 12.7. The standard InChI is InChI=1S/C16H15ClFNO3/c1-2-22-15-6-4-12(7-10(15)9-20)19-16(21)13-5-3-11(18)8-14(13)17/h3-8,20H,2,9H2,1H3,(H,19,21). The average Bonchev–Trinajstić information content (AvgIpc) is 2.48. The van der Waals surface area contributed by atoms with Gasteiger partial charge in [-0.3, -0.25) is 4.79 Å². The minimum atomic E-state index is -0.509. The molecule has 2 rings (SSSR count). The zero-order chi connectivity index (χ0) is 16.1. The Bertz CT molecular complexity index is 691. The first-order valence-corrected chi connectivity index (χ1v) is 7.06. The number of hydrogen-bond donors (Lipinski definition) is 2. The third-order valence-electron chi connectivity index (χ3n) is 2.96. The molecule has 0 unspecified atom stereocenters. The van der Waals surface area contributed by atoms with Crippen molar-refractivity contribution < 1.29 is 19.0 Å². The van der Waals surface area contributed by atoms with E-state index in [9.17, 15) is 14.3 Å². The minimum Gasteiger partial charge on any atom is -0.494 e. The second kappa shape index (κ2) is 7.24. The van der Waals surface area contributed by atoms with Crippen LogP contribution in [0.2, 0.25) is 5.02 Å². The SMILES string of the molecule is CCOc1ccc(NC(=O)c2ccc(F)cc2Cl)cc1CO. The predicted octanol–water partition coefficient (Wildman–Crippen LogP) is 3.62. The van der Waals surface area contributed by atoms with Gasteiger partial charge in [-0.05, 0) is 43.3 Å². The molecule has 6 heteroatoms. The summed E-state index contributed by atoms with van der Waals surface area (Å²) in [6.45, 7) is 2.10. The van der Waals surface area contributed by atoms with Crippen LogP contribution in [0.4, 0.5) is 10.1 Å². The molecule has 0 atom stereocenters. The normalized spacial score (nSPS) is 10.4. The smallest absolute Gasteiger partial charge is 0.257 e. The van der Waals surface area contributed by atoms with Gasteiger partial charge in [-0.2, -0.15) is 0 Å². The maximum Gasteiger partial charge on any atom is 0.257 e. The molecule has 2 aromatic carbocycles. The number of anilines is 1. The molecular formula is C16H15ClFNO3. The monoisotopic (exact) mass is 323 g/mol.